The fraction of sp³-hybridized carbons (Fsp3) is 0.154. The van der Waals surface area contributed by atoms with Crippen LogP contribution in [0.25, 0.3) is 0 Å². The molecule has 88 valence electrons. The number of benzene rings is 1. The summed E-state index contributed by atoms with van der Waals surface area (Å²) in [5.74, 6) is 1.75. The Morgan fingerprint density at radius 2 is 2.00 bits per heavy atom. The van der Waals surface area contributed by atoms with Crippen LogP contribution in [0, 0.1) is 0 Å². The van der Waals surface area contributed by atoms with Gasteiger partial charge in [0.2, 0.25) is 0 Å². The quantitative estimate of drug-likeness (QED) is 0.843. The predicted octanol–water partition coefficient (Wildman–Crippen LogP) is 2.96. The molecule has 4 heteroatoms. The molecular weight excluding hydrogens is 232 g/mol. The lowest BCUT2D eigenvalue weighted by atomic mass is 10.2. The van der Waals surface area contributed by atoms with Crippen LogP contribution in [0.4, 0.5) is 5.69 Å². The Hall–Kier alpha value is -1.68. The molecule has 1 aromatic heterocycles. The first-order valence-corrected chi connectivity index (χ1v) is 6.24. The van der Waals surface area contributed by atoms with Crippen molar-refractivity contribution in [3.8, 4) is 5.75 Å². The number of ether oxygens (including phenoxy) is 1. The second-order valence-electron chi connectivity index (χ2n) is 3.56. The first-order chi connectivity index (χ1) is 8.28. The molecule has 0 radical (unpaired) electrons. The van der Waals surface area contributed by atoms with E-state index >= 15 is 0 Å². The molecule has 17 heavy (non-hydrogen) atoms. The van der Waals surface area contributed by atoms with Crippen molar-refractivity contribution in [1.82, 2.24) is 4.98 Å². The summed E-state index contributed by atoms with van der Waals surface area (Å²) in [5, 5.41) is 0.945. The van der Waals surface area contributed by atoms with Crippen LogP contribution >= 0.6 is 11.8 Å². The van der Waals surface area contributed by atoms with Crippen LogP contribution in [0.1, 0.15) is 5.56 Å². The predicted molar refractivity (Wildman–Crippen MR) is 71.2 cm³/mol. The molecule has 2 N–H and O–H groups in total. The summed E-state index contributed by atoms with van der Waals surface area (Å²) in [7, 11) is 1.67. The topological polar surface area (TPSA) is 48.1 Å². The molecule has 2 aromatic rings. The van der Waals surface area contributed by atoms with Gasteiger partial charge in [-0.3, -0.25) is 0 Å². The fourth-order valence-corrected chi connectivity index (χ4v) is 2.24. The lowest BCUT2D eigenvalue weighted by molar-refractivity contribution is 0.414. The van der Waals surface area contributed by atoms with Gasteiger partial charge in [-0.05, 0) is 29.8 Å². The monoisotopic (exact) mass is 246 g/mol. The summed E-state index contributed by atoms with van der Waals surface area (Å²) in [4.78, 5) is 4.25. The number of rotatable bonds is 4. The highest BCUT2D eigenvalue weighted by molar-refractivity contribution is 7.98. The number of hydrogen-bond donors (Lipinski definition) is 1. The third kappa shape index (κ3) is 3.39. The summed E-state index contributed by atoms with van der Waals surface area (Å²) < 4.78 is 5.11. The first-order valence-electron chi connectivity index (χ1n) is 5.25. The van der Waals surface area contributed by atoms with E-state index in [1.807, 2.05) is 18.2 Å². The van der Waals surface area contributed by atoms with Gasteiger partial charge in [0, 0.05) is 17.6 Å². The number of hydrogen-bond acceptors (Lipinski definition) is 4. The average molecular weight is 246 g/mol. The van der Waals surface area contributed by atoms with Crippen LogP contribution in [0.5, 0.6) is 5.75 Å². The van der Waals surface area contributed by atoms with Crippen molar-refractivity contribution < 1.29 is 4.74 Å². The summed E-state index contributed by atoms with van der Waals surface area (Å²) in [6.45, 7) is 0. The van der Waals surface area contributed by atoms with Crippen molar-refractivity contribution in [3.63, 3.8) is 0 Å². The van der Waals surface area contributed by atoms with Crippen molar-refractivity contribution in [2.24, 2.45) is 0 Å². The molecule has 0 saturated carbocycles. The summed E-state index contributed by atoms with van der Waals surface area (Å²) in [5.41, 5.74) is 7.68. The van der Waals surface area contributed by atoms with Crippen molar-refractivity contribution in [3.05, 3.63) is 48.2 Å². The number of methoxy groups -OCH3 is 1. The van der Waals surface area contributed by atoms with E-state index < -0.39 is 0 Å². The zero-order chi connectivity index (χ0) is 12.1. The van der Waals surface area contributed by atoms with Crippen LogP contribution in [-0.4, -0.2) is 12.1 Å². The number of nitrogens with two attached hydrogens (primary N) is 1. The van der Waals surface area contributed by atoms with Crippen molar-refractivity contribution in [1.29, 1.82) is 0 Å². The minimum absolute atomic E-state index is 0.747. The van der Waals surface area contributed by atoms with E-state index in [2.05, 4.69) is 17.1 Å². The van der Waals surface area contributed by atoms with Gasteiger partial charge in [0.15, 0.2) is 0 Å². The van der Waals surface area contributed by atoms with E-state index in [1.165, 1.54) is 5.56 Å². The largest absolute Gasteiger partial charge is 0.497 e. The van der Waals surface area contributed by atoms with Crippen LogP contribution in [0.3, 0.4) is 0 Å². The Bertz CT molecular complexity index is 485. The Kier molecular flexibility index (Phi) is 3.88. The smallest absolute Gasteiger partial charge is 0.118 e. The van der Waals surface area contributed by atoms with Gasteiger partial charge in [-0.15, -0.1) is 11.8 Å². The van der Waals surface area contributed by atoms with E-state index in [0.717, 1.165) is 22.2 Å². The van der Waals surface area contributed by atoms with Gasteiger partial charge >= 0.3 is 0 Å². The van der Waals surface area contributed by atoms with Crippen LogP contribution in [0.15, 0.2) is 47.6 Å². The zero-order valence-electron chi connectivity index (χ0n) is 9.59. The van der Waals surface area contributed by atoms with Gasteiger partial charge in [-0.25, -0.2) is 4.98 Å². The molecule has 0 saturated heterocycles. The lowest BCUT2D eigenvalue weighted by Crippen LogP contribution is -1.88. The molecule has 0 amide bonds. The Morgan fingerprint density at radius 3 is 2.65 bits per heavy atom. The molecule has 0 unspecified atom stereocenters. The number of aromatic nitrogens is 1. The molecule has 0 aliphatic carbocycles. The minimum atomic E-state index is 0.747. The van der Waals surface area contributed by atoms with E-state index in [4.69, 9.17) is 10.5 Å². The van der Waals surface area contributed by atoms with E-state index in [-0.39, 0.29) is 0 Å². The molecule has 3 nitrogen and oxygen atoms in total. The van der Waals surface area contributed by atoms with Crippen LogP contribution < -0.4 is 10.5 Å². The average Bonchev–Trinajstić information content (AvgIpc) is 2.37. The standard InChI is InChI=1S/C13H14N2OS/c1-16-12-4-2-10(3-5-12)9-17-13-8-11(14)6-7-15-13/h2-8H,9H2,1H3,(H2,14,15). The molecule has 0 atom stereocenters. The highest BCUT2D eigenvalue weighted by atomic mass is 32.2. The molecule has 0 spiro atoms. The van der Waals surface area contributed by atoms with Crippen LogP contribution in [-0.2, 0) is 5.75 Å². The second-order valence-corrected chi connectivity index (χ2v) is 4.56. The third-order valence-corrected chi connectivity index (χ3v) is 3.30. The van der Waals surface area contributed by atoms with Gasteiger partial charge in [0.05, 0.1) is 12.1 Å². The van der Waals surface area contributed by atoms with Gasteiger partial charge in [0.25, 0.3) is 0 Å². The molecule has 1 heterocycles. The van der Waals surface area contributed by atoms with Gasteiger partial charge < -0.3 is 10.5 Å². The second kappa shape index (κ2) is 5.59. The maximum absolute atomic E-state index is 5.70. The summed E-state index contributed by atoms with van der Waals surface area (Å²) >= 11 is 1.67. The van der Waals surface area contributed by atoms with Gasteiger partial charge in [-0.2, -0.15) is 0 Å². The number of thioether (sulfide) groups is 1. The number of pyridine rings is 1. The number of anilines is 1. The molecule has 0 aliphatic heterocycles. The van der Waals surface area contributed by atoms with Gasteiger partial charge in [0.1, 0.15) is 5.75 Å². The van der Waals surface area contributed by atoms with E-state index in [1.54, 1.807) is 31.1 Å². The summed E-state index contributed by atoms with van der Waals surface area (Å²) in [6.07, 6.45) is 1.73. The maximum atomic E-state index is 5.70. The number of nitrogens with zero attached hydrogens (tertiary/aromatic N) is 1. The molecule has 0 aliphatic rings. The highest BCUT2D eigenvalue weighted by Gasteiger charge is 1.99. The Morgan fingerprint density at radius 1 is 1.24 bits per heavy atom. The zero-order valence-corrected chi connectivity index (χ0v) is 10.4. The third-order valence-electron chi connectivity index (χ3n) is 2.30. The maximum Gasteiger partial charge on any atom is 0.118 e. The molecular formula is C13H14N2OS. The Balaban J connectivity index is 1.97. The molecule has 0 bridgehead atoms. The highest BCUT2D eigenvalue weighted by Crippen LogP contribution is 2.23. The van der Waals surface area contributed by atoms with Crippen molar-refractivity contribution in [2.45, 2.75) is 10.8 Å². The normalized spacial score (nSPS) is 10.2. The molecule has 2 rings (SSSR count). The first kappa shape index (κ1) is 11.8. The van der Waals surface area contributed by atoms with Gasteiger partial charge in [-0.1, -0.05) is 12.1 Å². The van der Waals surface area contributed by atoms with Crippen molar-refractivity contribution in [2.75, 3.05) is 12.8 Å². The summed E-state index contributed by atoms with van der Waals surface area (Å²) in [6, 6.07) is 11.7. The van der Waals surface area contributed by atoms with Crippen LogP contribution in [0.2, 0.25) is 0 Å². The lowest BCUT2D eigenvalue weighted by Gasteiger charge is -2.03. The van der Waals surface area contributed by atoms with E-state index in [0.29, 0.717) is 0 Å². The molecule has 1 aromatic carbocycles. The molecule has 0 fully saturated rings. The van der Waals surface area contributed by atoms with Crippen molar-refractivity contribution >= 4 is 17.4 Å². The SMILES string of the molecule is COc1ccc(CSc2cc(N)ccn2)cc1. The minimum Gasteiger partial charge on any atom is -0.497 e. The Labute approximate surface area is 105 Å². The van der Waals surface area contributed by atoms with E-state index in [9.17, 15) is 0 Å². The number of nitrogen functional groups attached to an aromatic ring is 1. The fourth-order valence-electron chi connectivity index (χ4n) is 1.38.